The first-order valence-electron chi connectivity index (χ1n) is 10.7. The van der Waals surface area contributed by atoms with Crippen molar-refractivity contribution in [1.29, 1.82) is 0 Å². The van der Waals surface area contributed by atoms with E-state index in [-0.39, 0.29) is 11.4 Å². The molecule has 0 N–H and O–H groups in total. The monoisotopic (exact) mass is 391 g/mol. The summed E-state index contributed by atoms with van der Waals surface area (Å²) >= 11 is 0. The average Bonchev–Trinajstić information content (AvgIpc) is 3.08. The Labute approximate surface area is 172 Å². The van der Waals surface area contributed by atoms with Gasteiger partial charge < -0.3 is 9.64 Å². The Kier molecular flexibility index (Phi) is 5.98. The number of rotatable bonds is 6. The topological polar surface area (TPSA) is 46.6 Å². The Balaban J connectivity index is 1.23. The maximum Gasteiger partial charge on any atom is 0.338 e. The molecule has 2 fully saturated rings. The number of nitrogens with zero attached hydrogens (tertiary/aromatic N) is 1. The van der Waals surface area contributed by atoms with Crippen LogP contribution in [-0.4, -0.2) is 36.5 Å². The quantitative estimate of drug-likeness (QED) is 0.524. The second-order valence-electron chi connectivity index (χ2n) is 8.36. The van der Waals surface area contributed by atoms with E-state index in [4.69, 9.17) is 4.74 Å². The van der Waals surface area contributed by atoms with E-state index in [2.05, 4.69) is 30.3 Å². The van der Waals surface area contributed by atoms with E-state index < -0.39 is 0 Å². The lowest BCUT2D eigenvalue weighted by Crippen LogP contribution is -2.37. The van der Waals surface area contributed by atoms with Crippen molar-refractivity contribution in [2.24, 2.45) is 5.41 Å². The van der Waals surface area contributed by atoms with Gasteiger partial charge in [-0.3, -0.25) is 4.79 Å². The van der Waals surface area contributed by atoms with Crippen molar-refractivity contribution in [1.82, 2.24) is 4.90 Å². The van der Waals surface area contributed by atoms with Gasteiger partial charge in [-0.15, -0.1) is 0 Å². The molecule has 0 aromatic heterocycles. The standard InChI is InChI=1S/C25H29NO3/c27-23(22-10-5-2-6-11-22)29-19-7-17-26-18-16-25(24(26)28)14-12-21(13-15-25)20-8-3-1-4-9-20/h1-6,8-11,21H,7,12-19H2. The summed E-state index contributed by atoms with van der Waals surface area (Å²) < 4.78 is 5.35. The van der Waals surface area contributed by atoms with Gasteiger partial charge >= 0.3 is 5.97 Å². The molecule has 29 heavy (non-hydrogen) atoms. The van der Waals surface area contributed by atoms with Crippen molar-refractivity contribution >= 4 is 11.9 Å². The zero-order valence-corrected chi connectivity index (χ0v) is 16.9. The molecule has 2 aromatic carbocycles. The molecular formula is C25H29NO3. The number of carbonyl (C=O) groups is 2. The molecule has 1 saturated carbocycles. The lowest BCUT2D eigenvalue weighted by molar-refractivity contribution is -0.137. The van der Waals surface area contributed by atoms with Crippen molar-refractivity contribution in [2.75, 3.05) is 19.7 Å². The summed E-state index contributed by atoms with van der Waals surface area (Å²) in [4.78, 5) is 27.1. The molecule has 1 aliphatic carbocycles. The highest BCUT2D eigenvalue weighted by Gasteiger charge is 2.48. The largest absolute Gasteiger partial charge is 0.462 e. The van der Waals surface area contributed by atoms with Crippen LogP contribution in [0.3, 0.4) is 0 Å². The van der Waals surface area contributed by atoms with Gasteiger partial charge in [-0.05, 0) is 62.1 Å². The van der Waals surface area contributed by atoms with Gasteiger partial charge in [-0.25, -0.2) is 4.79 Å². The predicted molar refractivity (Wildman–Crippen MR) is 113 cm³/mol. The van der Waals surface area contributed by atoms with Crippen LogP contribution in [0.2, 0.25) is 0 Å². The maximum atomic E-state index is 13.1. The highest BCUT2D eigenvalue weighted by atomic mass is 16.5. The van der Waals surface area contributed by atoms with Crippen LogP contribution in [0.1, 0.15) is 60.4 Å². The van der Waals surface area contributed by atoms with Gasteiger partial charge in [0.15, 0.2) is 0 Å². The minimum atomic E-state index is -0.297. The fourth-order valence-corrected chi connectivity index (χ4v) is 4.88. The van der Waals surface area contributed by atoms with Gasteiger partial charge in [0.05, 0.1) is 17.6 Å². The molecular weight excluding hydrogens is 362 g/mol. The van der Waals surface area contributed by atoms with Crippen molar-refractivity contribution in [3.8, 4) is 0 Å². The molecule has 0 radical (unpaired) electrons. The Morgan fingerprint density at radius 3 is 2.31 bits per heavy atom. The summed E-state index contributed by atoms with van der Waals surface area (Å²) in [6.07, 6.45) is 5.83. The highest BCUT2D eigenvalue weighted by Crippen LogP contribution is 2.48. The second kappa shape index (κ2) is 8.81. The molecule has 1 heterocycles. The highest BCUT2D eigenvalue weighted by molar-refractivity contribution is 5.89. The zero-order valence-electron chi connectivity index (χ0n) is 16.9. The Bertz CT molecular complexity index is 826. The Hall–Kier alpha value is -2.62. The fourth-order valence-electron chi connectivity index (χ4n) is 4.88. The number of esters is 1. The first-order valence-corrected chi connectivity index (χ1v) is 10.7. The smallest absolute Gasteiger partial charge is 0.338 e. The lowest BCUT2D eigenvalue weighted by Gasteiger charge is -2.36. The summed E-state index contributed by atoms with van der Waals surface area (Å²) in [7, 11) is 0. The molecule has 4 nitrogen and oxygen atoms in total. The first-order chi connectivity index (χ1) is 14.2. The van der Waals surface area contributed by atoms with Crippen LogP contribution in [-0.2, 0) is 9.53 Å². The fraction of sp³-hybridized carbons (Fsp3) is 0.440. The van der Waals surface area contributed by atoms with Crippen LogP contribution >= 0.6 is 0 Å². The Morgan fingerprint density at radius 1 is 0.966 bits per heavy atom. The van der Waals surface area contributed by atoms with E-state index in [0.29, 0.717) is 37.0 Å². The number of benzene rings is 2. The molecule has 4 rings (SSSR count). The predicted octanol–water partition coefficient (Wildman–Crippen LogP) is 4.81. The van der Waals surface area contributed by atoms with E-state index in [0.717, 1.165) is 38.6 Å². The van der Waals surface area contributed by atoms with Crippen molar-refractivity contribution in [3.63, 3.8) is 0 Å². The van der Waals surface area contributed by atoms with Gasteiger partial charge in [0.1, 0.15) is 0 Å². The van der Waals surface area contributed by atoms with E-state index in [9.17, 15) is 9.59 Å². The van der Waals surface area contributed by atoms with Crippen LogP contribution in [0.4, 0.5) is 0 Å². The van der Waals surface area contributed by atoms with Crippen LogP contribution in [0.25, 0.3) is 0 Å². The first kappa shape index (κ1) is 19.7. The molecule has 1 spiro atoms. The van der Waals surface area contributed by atoms with Gasteiger partial charge in [0, 0.05) is 13.1 Å². The molecule has 1 aliphatic heterocycles. The summed E-state index contributed by atoms with van der Waals surface area (Å²) in [5.41, 5.74) is 1.83. The molecule has 152 valence electrons. The van der Waals surface area contributed by atoms with Crippen molar-refractivity contribution < 1.29 is 14.3 Å². The van der Waals surface area contributed by atoms with Gasteiger partial charge in [0.2, 0.25) is 5.91 Å². The summed E-state index contributed by atoms with van der Waals surface area (Å²) in [5, 5.41) is 0. The number of hydrogen-bond donors (Lipinski definition) is 0. The number of hydrogen-bond acceptors (Lipinski definition) is 3. The van der Waals surface area contributed by atoms with Gasteiger partial charge in [0.25, 0.3) is 0 Å². The third kappa shape index (κ3) is 4.36. The third-order valence-corrected chi connectivity index (χ3v) is 6.63. The van der Waals surface area contributed by atoms with Crippen molar-refractivity contribution in [3.05, 3.63) is 71.8 Å². The summed E-state index contributed by atoms with van der Waals surface area (Å²) in [6.45, 7) is 1.85. The molecule has 2 aromatic rings. The van der Waals surface area contributed by atoms with E-state index >= 15 is 0 Å². The Morgan fingerprint density at radius 2 is 1.62 bits per heavy atom. The van der Waals surface area contributed by atoms with Crippen LogP contribution in [0.15, 0.2) is 60.7 Å². The number of ether oxygens (including phenoxy) is 1. The van der Waals surface area contributed by atoms with Crippen LogP contribution < -0.4 is 0 Å². The lowest BCUT2D eigenvalue weighted by atomic mass is 9.68. The molecule has 0 unspecified atom stereocenters. The molecule has 2 aliphatic rings. The van der Waals surface area contributed by atoms with Gasteiger partial charge in [-0.2, -0.15) is 0 Å². The number of carbonyl (C=O) groups excluding carboxylic acids is 2. The SMILES string of the molecule is O=C(OCCCN1CCC2(CCC(c3ccccc3)CC2)C1=O)c1ccccc1. The molecule has 0 atom stereocenters. The summed E-state index contributed by atoms with van der Waals surface area (Å²) in [6, 6.07) is 19.7. The number of amides is 1. The summed E-state index contributed by atoms with van der Waals surface area (Å²) in [5.74, 6) is 0.605. The maximum absolute atomic E-state index is 13.1. The van der Waals surface area contributed by atoms with Crippen LogP contribution in [0, 0.1) is 5.41 Å². The van der Waals surface area contributed by atoms with E-state index in [1.807, 2.05) is 23.1 Å². The minimum absolute atomic E-state index is 0.147. The molecule has 0 bridgehead atoms. The molecule has 4 heteroatoms. The molecule has 1 amide bonds. The second-order valence-corrected chi connectivity index (χ2v) is 8.36. The van der Waals surface area contributed by atoms with Gasteiger partial charge in [-0.1, -0.05) is 48.5 Å². The average molecular weight is 392 g/mol. The third-order valence-electron chi connectivity index (χ3n) is 6.63. The van der Waals surface area contributed by atoms with E-state index in [1.165, 1.54) is 5.56 Å². The number of likely N-dealkylation sites (tertiary alicyclic amines) is 1. The minimum Gasteiger partial charge on any atom is -0.462 e. The van der Waals surface area contributed by atoms with Crippen LogP contribution in [0.5, 0.6) is 0 Å². The zero-order chi connectivity index (χ0) is 20.1. The van der Waals surface area contributed by atoms with Crippen molar-refractivity contribution in [2.45, 2.75) is 44.4 Å². The molecule has 1 saturated heterocycles. The van der Waals surface area contributed by atoms with E-state index in [1.54, 1.807) is 12.1 Å². The normalized spacial score (nSPS) is 24.1.